The van der Waals surface area contributed by atoms with E-state index in [0.717, 1.165) is 32.1 Å². The molecule has 0 bridgehead atoms. The molecule has 3 rings (SSSR count). The van der Waals surface area contributed by atoms with Gasteiger partial charge in [0.25, 0.3) is 0 Å². The number of hydrogen-bond donors (Lipinski definition) is 12. The van der Waals surface area contributed by atoms with Crippen molar-refractivity contribution in [2.45, 2.75) is 259 Å². The van der Waals surface area contributed by atoms with Crippen molar-refractivity contribution in [1.29, 1.82) is 0 Å². The quantitative estimate of drug-likeness (QED) is 0.0316. The molecular weight excluding hydrogens is 879 g/mol. The second-order valence-corrected chi connectivity index (χ2v) is 18.6. The molecule has 0 aromatic heterocycles. The first-order valence-corrected chi connectivity index (χ1v) is 25.4. The Morgan fingerprint density at radius 3 is 1.39 bits per heavy atom. The van der Waals surface area contributed by atoms with Crippen LogP contribution in [0.4, 0.5) is 0 Å². The molecule has 0 spiro atoms. The fourth-order valence-electron chi connectivity index (χ4n) is 8.76. The number of allylic oxidation sites excluding steroid dienone is 1. The molecule has 67 heavy (non-hydrogen) atoms. The first kappa shape index (κ1) is 59.8. The number of nitrogens with one attached hydrogen (secondary N) is 1. The van der Waals surface area contributed by atoms with Gasteiger partial charge < -0.3 is 89.9 Å². The highest BCUT2D eigenvalue weighted by Crippen LogP contribution is 2.33. The van der Waals surface area contributed by atoms with Gasteiger partial charge in [-0.25, -0.2) is 0 Å². The van der Waals surface area contributed by atoms with Crippen LogP contribution in [0.3, 0.4) is 0 Å². The Morgan fingerprint density at radius 2 is 0.925 bits per heavy atom. The van der Waals surface area contributed by atoms with Gasteiger partial charge in [-0.05, 0) is 12.8 Å². The smallest absolute Gasteiger partial charge is 0.220 e. The number of rotatable bonds is 35. The molecule has 3 heterocycles. The lowest BCUT2D eigenvalue weighted by atomic mass is 9.96. The minimum atomic E-state index is -1.97. The predicted molar refractivity (Wildman–Crippen MR) is 245 cm³/mol. The van der Waals surface area contributed by atoms with E-state index >= 15 is 0 Å². The molecule has 0 aliphatic carbocycles. The topological polar surface area (TPSA) is 307 Å². The third-order valence-corrected chi connectivity index (χ3v) is 13.1. The van der Waals surface area contributed by atoms with Gasteiger partial charge in [-0.3, -0.25) is 4.79 Å². The molecule has 3 aliphatic rings. The summed E-state index contributed by atoms with van der Waals surface area (Å²) >= 11 is 0. The molecule has 0 aromatic carbocycles. The van der Waals surface area contributed by atoms with Gasteiger partial charge in [0.15, 0.2) is 18.9 Å². The minimum absolute atomic E-state index is 0.246. The van der Waals surface area contributed by atoms with Crippen molar-refractivity contribution in [3.05, 3.63) is 12.2 Å². The van der Waals surface area contributed by atoms with E-state index in [4.69, 9.17) is 28.4 Å². The summed E-state index contributed by atoms with van der Waals surface area (Å²) in [6.07, 6.45) is 1.69. The van der Waals surface area contributed by atoms with Crippen LogP contribution in [0, 0.1) is 0 Å². The van der Waals surface area contributed by atoms with Crippen molar-refractivity contribution >= 4 is 5.91 Å². The van der Waals surface area contributed by atoms with Gasteiger partial charge >= 0.3 is 0 Å². The molecule has 0 saturated carbocycles. The summed E-state index contributed by atoms with van der Waals surface area (Å²) in [4.78, 5) is 13.1. The van der Waals surface area contributed by atoms with E-state index < -0.39 is 124 Å². The first-order valence-electron chi connectivity index (χ1n) is 25.4. The zero-order valence-corrected chi connectivity index (χ0v) is 40.1. The predicted octanol–water partition coefficient (Wildman–Crippen LogP) is 1.48. The van der Waals surface area contributed by atoms with Gasteiger partial charge in [-0.2, -0.15) is 0 Å². The number of unbranched alkanes of at least 4 members (excludes halogenated alkanes) is 19. The Balaban J connectivity index is 1.46. The van der Waals surface area contributed by atoms with Crippen LogP contribution in [0.15, 0.2) is 12.2 Å². The SMILES string of the molecule is CCCC/C=C/C(O)C(COC1OC(CO)C(OC2OC(CO)C(OC3OC(CO)C(O)C(O)C3O)C(O)C2O)C(O)C1O)NC(=O)CCCCCCCCCCCCCCCCCCCC. The number of ether oxygens (including phenoxy) is 6. The first-order chi connectivity index (χ1) is 32.3. The van der Waals surface area contributed by atoms with E-state index in [9.17, 15) is 61.0 Å². The maximum atomic E-state index is 13.1. The number of hydrogen-bond acceptors (Lipinski definition) is 18. The third-order valence-electron chi connectivity index (χ3n) is 13.1. The molecule has 17 unspecified atom stereocenters. The lowest BCUT2D eigenvalue weighted by Crippen LogP contribution is -2.66. The molecule has 19 nitrogen and oxygen atoms in total. The van der Waals surface area contributed by atoms with Crippen LogP contribution in [0.2, 0.25) is 0 Å². The molecule has 1 amide bonds. The minimum Gasteiger partial charge on any atom is -0.394 e. The molecule has 3 saturated heterocycles. The van der Waals surface area contributed by atoms with Crippen LogP contribution >= 0.6 is 0 Å². The van der Waals surface area contributed by atoms with Crippen molar-refractivity contribution in [3.8, 4) is 0 Å². The molecule has 17 atom stereocenters. The van der Waals surface area contributed by atoms with Crippen LogP contribution in [0.5, 0.6) is 0 Å². The highest BCUT2D eigenvalue weighted by atomic mass is 16.8. The van der Waals surface area contributed by atoms with Gasteiger partial charge in [0.2, 0.25) is 5.91 Å². The number of carbonyl (C=O) groups is 1. The summed E-state index contributed by atoms with van der Waals surface area (Å²) in [5.74, 6) is -0.284. The normalized spacial score (nSPS) is 33.5. The zero-order valence-electron chi connectivity index (χ0n) is 40.1. The number of aliphatic hydroxyl groups excluding tert-OH is 11. The largest absolute Gasteiger partial charge is 0.394 e. The number of aliphatic hydroxyl groups is 11. The molecule has 394 valence electrons. The Labute approximate surface area is 397 Å². The van der Waals surface area contributed by atoms with Crippen LogP contribution in [0.1, 0.15) is 155 Å². The maximum Gasteiger partial charge on any atom is 0.220 e. The van der Waals surface area contributed by atoms with Crippen molar-refractivity contribution in [1.82, 2.24) is 5.32 Å². The molecule has 3 fully saturated rings. The molecule has 12 N–H and O–H groups in total. The standard InChI is InChI=1S/C48H89NO18/c1-3-5-7-9-10-11-12-13-14-15-16-17-18-19-20-21-22-24-26-36(54)49-31(32(53)25-23-8-6-4-2)30-62-46-42(60)39(57)44(34(28-51)64-46)67-48-43(61)40(58)45(35(29-52)65-48)66-47-41(59)38(56)37(55)33(27-50)63-47/h23,25,31-35,37-48,50-53,55-61H,3-22,24,26-30H2,1-2H3,(H,49,54)/b25-23+. The van der Waals surface area contributed by atoms with Crippen LogP contribution in [-0.2, 0) is 33.2 Å². The Morgan fingerprint density at radius 1 is 0.522 bits per heavy atom. The van der Waals surface area contributed by atoms with Crippen LogP contribution in [0.25, 0.3) is 0 Å². The van der Waals surface area contributed by atoms with Crippen molar-refractivity contribution < 1.29 is 89.4 Å². The average molecular weight is 968 g/mol. The Hall–Kier alpha value is -1.47. The van der Waals surface area contributed by atoms with Crippen molar-refractivity contribution in [2.75, 3.05) is 26.4 Å². The maximum absolute atomic E-state index is 13.1. The van der Waals surface area contributed by atoms with Gasteiger partial charge in [0.05, 0.1) is 38.6 Å². The Bertz CT molecular complexity index is 1300. The van der Waals surface area contributed by atoms with Crippen molar-refractivity contribution in [3.63, 3.8) is 0 Å². The summed E-state index contributed by atoms with van der Waals surface area (Å²) in [6, 6.07) is -0.962. The van der Waals surface area contributed by atoms with E-state index in [0.29, 0.717) is 12.8 Å². The average Bonchev–Trinajstić information content (AvgIpc) is 3.32. The lowest BCUT2D eigenvalue weighted by molar-refractivity contribution is -0.379. The molecule has 19 heteroatoms. The van der Waals surface area contributed by atoms with Gasteiger partial charge in [0, 0.05) is 6.42 Å². The fourth-order valence-corrected chi connectivity index (χ4v) is 8.76. The van der Waals surface area contributed by atoms with Gasteiger partial charge in [0.1, 0.15) is 73.2 Å². The molecular formula is C48H89NO18. The van der Waals surface area contributed by atoms with Gasteiger partial charge in [-0.15, -0.1) is 0 Å². The zero-order chi connectivity index (χ0) is 49.1. The fraction of sp³-hybridized carbons (Fsp3) is 0.938. The van der Waals surface area contributed by atoms with Crippen molar-refractivity contribution in [2.24, 2.45) is 0 Å². The van der Waals surface area contributed by atoms with E-state index in [1.54, 1.807) is 6.08 Å². The highest BCUT2D eigenvalue weighted by molar-refractivity contribution is 5.76. The summed E-state index contributed by atoms with van der Waals surface area (Å²) in [5.41, 5.74) is 0. The van der Waals surface area contributed by atoms with Crippen LogP contribution < -0.4 is 5.32 Å². The highest BCUT2D eigenvalue weighted by Gasteiger charge is 2.53. The second-order valence-electron chi connectivity index (χ2n) is 18.6. The van der Waals surface area contributed by atoms with Crippen LogP contribution in [-0.4, -0.2) is 193 Å². The number of carbonyl (C=O) groups excluding carboxylic acids is 1. The van der Waals surface area contributed by atoms with E-state index in [1.165, 1.54) is 89.9 Å². The van der Waals surface area contributed by atoms with E-state index in [2.05, 4.69) is 12.2 Å². The molecule has 3 aliphatic heterocycles. The van der Waals surface area contributed by atoms with Gasteiger partial charge in [-0.1, -0.05) is 148 Å². The summed E-state index contributed by atoms with van der Waals surface area (Å²) in [6.45, 7) is 1.53. The summed E-state index contributed by atoms with van der Waals surface area (Å²) in [5, 5.41) is 119. The summed E-state index contributed by atoms with van der Waals surface area (Å²) in [7, 11) is 0. The number of amides is 1. The second kappa shape index (κ2) is 34.0. The third kappa shape index (κ3) is 20.3. The molecule has 0 radical (unpaired) electrons. The molecule has 0 aromatic rings. The van der Waals surface area contributed by atoms with E-state index in [1.807, 2.05) is 13.0 Å². The Kier molecular flexibility index (Phi) is 30.4. The summed E-state index contributed by atoms with van der Waals surface area (Å²) < 4.78 is 33.9. The van der Waals surface area contributed by atoms with E-state index in [-0.39, 0.29) is 18.9 Å². The lowest BCUT2D eigenvalue weighted by Gasteiger charge is -2.48. The monoisotopic (exact) mass is 968 g/mol.